The summed E-state index contributed by atoms with van der Waals surface area (Å²) in [6.45, 7) is 2.04. The maximum Gasteiger partial charge on any atom is 0.363 e. The molecule has 1 heterocycles. The molecule has 0 aliphatic rings. The van der Waals surface area contributed by atoms with Crippen molar-refractivity contribution in [3.05, 3.63) is 40.1 Å². The van der Waals surface area contributed by atoms with E-state index in [1.54, 1.807) is 12.1 Å². The van der Waals surface area contributed by atoms with Crippen LogP contribution in [0.3, 0.4) is 0 Å². The summed E-state index contributed by atoms with van der Waals surface area (Å²) >= 11 is 0. The van der Waals surface area contributed by atoms with E-state index in [1.807, 2.05) is 6.08 Å². The molecule has 6 heteroatoms. The van der Waals surface area contributed by atoms with Gasteiger partial charge in [-0.25, -0.2) is 0 Å². The number of carbonyl (C=O) groups is 1. The van der Waals surface area contributed by atoms with Crippen LogP contribution in [0.25, 0.3) is 6.08 Å². The summed E-state index contributed by atoms with van der Waals surface area (Å²) in [6, 6.07) is 2.98. The molecule has 1 aromatic heterocycles. The molecule has 0 unspecified atom stereocenters. The molecular formula is C11H13N3O3. The topological polar surface area (TPSA) is 85.1 Å². The van der Waals surface area contributed by atoms with Crippen LogP contribution >= 0.6 is 0 Å². The molecule has 17 heavy (non-hydrogen) atoms. The van der Waals surface area contributed by atoms with Crippen molar-refractivity contribution in [1.82, 2.24) is 10.3 Å². The van der Waals surface area contributed by atoms with Crippen molar-refractivity contribution in [2.75, 3.05) is 6.54 Å². The number of carbonyl (C=O) groups excluding carboxylic acids is 1. The van der Waals surface area contributed by atoms with Gasteiger partial charge >= 0.3 is 5.82 Å². The summed E-state index contributed by atoms with van der Waals surface area (Å²) in [4.78, 5) is 24.1. The second-order valence-electron chi connectivity index (χ2n) is 3.38. The van der Waals surface area contributed by atoms with Gasteiger partial charge in [-0.2, -0.15) is 0 Å². The zero-order chi connectivity index (χ0) is 12.7. The minimum absolute atomic E-state index is 0.0598. The normalized spacial score (nSPS) is 10.4. The molecule has 1 aromatic rings. The monoisotopic (exact) mass is 235 g/mol. The van der Waals surface area contributed by atoms with E-state index in [0.717, 1.165) is 5.56 Å². The van der Waals surface area contributed by atoms with Gasteiger partial charge in [-0.3, -0.25) is 4.79 Å². The number of nitrogens with one attached hydrogen (secondary N) is 1. The molecule has 0 aromatic carbocycles. The van der Waals surface area contributed by atoms with Crippen LogP contribution in [0.1, 0.15) is 18.9 Å². The maximum atomic E-state index is 10.6. The molecule has 0 saturated heterocycles. The predicted octanol–water partition coefficient (Wildman–Crippen LogP) is 1.53. The molecule has 1 amide bonds. The zero-order valence-corrected chi connectivity index (χ0v) is 9.42. The summed E-state index contributed by atoms with van der Waals surface area (Å²) in [5.74, 6) is -0.226. The van der Waals surface area contributed by atoms with Gasteiger partial charge in [0, 0.05) is 25.1 Å². The first-order valence-corrected chi connectivity index (χ1v) is 5.11. The van der Waals surface area contributed by atoms with E-state index >= 15 is 0 Å². The van der Waals surface area contributed by atoms with Gasteiger partial charge < -0.3 is 15.4 Å². The van der Waals surface area contributed by atoms with E-state index in [4.69, 9.17) is 0 Å². The fraction of sp³-hybridized carbons (Fsp3) is 0.273. The van der Waals surface area contributed by atoms with E-state index < -0.39 is 4.92 Å². The summed E-state index contributed by atoms with van der Waals surface area (Å²) in [5, 5.41) is 13.0. The Balaban J connectivity index is 2.43. The van der Waals surface area contributed by atoms with Crippen LogP contribution in [0.15, 0.2) is 24.4 Å². The fourth-order valence-corrected chi connectivity index (χ4v) is 1.16. The van der Waals surface area contributed by atoms with Crippen molar-refractivity contribution < 1.29 is 9.72 Å². The number of rotatable bonds is 5. The minimum Gasteiger partial charge on any atom is -0.358 e. The van der Waals surface area contributed by atoms with E-state index in [-0.39, 0.29) is 11.7 Å². The highest BCUT2D eigenvalue weighted by Gasteiger charge is 2.03. The molecule has 0 bridgehead atoms. The Morgan fingerprint density at radius 1 is 1.59 bits per heavy atom. The molecule has 0 saturated carbocycles. The van der Waals surface area contributed by atoms with E-state index in [9.17, 15) is 14.9 Å². The molecule has 0 atom stereocenters. The largest absolute Gasteiger partial charge is 0.363 e. The maximum absolute atomic E-state index is 10.6. The highest BCUT2D eigenvalue weighted by molar-refractivity contribution is 5.72. The van der Waals surface area contributed by atoms with Gasteiger partial charge in [0.2, 0.25) is 5.91 Å². The molecule has 0 aliphatic heterocycles. The fourth-order valence-electron chi connectivity index (χ4n) is 1.16. The lowest BCUT2D eigenvalue weighted by Gasteiger charge is -1.96. The number of nitrogens with zero attached hydrogens (tertiary/aromatic N) is 2. The molecule has 0 fully saturated rings. The Morgan fingerprint density at radius 3 is 2.88 bits per heavy atom. The predicted molar refractivity (Wildman–Crippen MR) is 63.2 cm³/mol. The van der Waals surface area contributed by atoms with Gasteiger partial charge in [-0.15, -0.1) is 0 Å². The lowest BCUT2D eigenvalue weighted by molar-refractivity contribution is -0.389. The number of aromatic nitrogens is 1. The number of nitro groups is 1. The van der Waals surface area contributed by atoms with Crippen LogP contribution in [0.5, 0.6) is 0 Å². The Bertz CT molecular complexity index is 426. The smallest absolute Gasteiger partial charge is 0.358 e. The number of hydrogen-bond acceptors (Lipinski definition) is 4. The number of amides is 1. The molecule has 0 aliphatic carbocycles. The molecule has 1 N–H and O–H groups in total. The van der Waals surface area contributed by atoms with E-state index in [2.05, 4.69) is 10.3 Å². The minimum atomic E-state index is -0.537. The Morgan fingerprint density at radius 2 is 2.35 bits per heavy atom. The average molecular weight is 235 g/mol. The Labute approximate surface area is 98.5 Å². The van der Waals surface area contributed by atoms with E-state index in [1.165, 1.54) is 19.2 Å². The first-order chi connectivity index (χ1) is 8.09. The van der Waals surface area contributed by atoms with Crippen molar-refractivity contribution in [1.29, 1.82) is 0 Å². The summed E-state index contributed by atoms with van der Waals surface area (Å²) in [6.07, 6.45) is 5.82. The molecule has 1 rings (SSSR count). The van der Waals surface area contributed by atoms with Crippen LogP contribution in [-0.4, -0.2) is 22.4 Å². The van der Waals surface area contributed by atoms with Crippen LogP contribution in [0.2, 0.25) is 0 Å². The highest BCUT2D eigenvalue weighted by Crippen LogP contribution is 2.08. The summed E-state index contributed by atoms with van der Waals surface area (Å²) < 4.78 is 0. The van der Waals surface area contributed by atoms with Crippen molar-refractivity contribution in [2.24, 2.45) is 0 Å². The average Bonchev–Trinajstić information content (AvgIpc) is 2.29. The highest BCUT2D eigenvalue weighted by atomic mass is 16.6. The lowest BCUT2D eigenvalue weighted by Crippen LogP contribution is -2.20. The SMILES string of the molecule is CC(=O)NCCC=Cc1ccc([N+](=O)[O-])nc1. The van der Waals surface area contributed by atoms with Gasteiger partial charge in [-0.1, -0.05) is 12.2 Å². The molecule has 0 radical (unpaired) electrons. The van der Waals surface area contributed by atoms with Crippen LogP contribution < -0.4 is 5.32 Å². The second-order valence-corrected chi connectivity index (χ2v) is 3.38. The van der Waals surface area contributed by atoms with Gasteiger partial charge in [-0.05, 0) is 22.4 Å². The van der Waals surface area contributed by atoms with Crippen molar-refractivity contribution in [2.45, 2.75) is 13.3 Å². The van der Waals surface area contributed by atoms with E-state index in [0.29, 0.717) is 13.0 Å². The van der Waals surface area contributed by atoms with Crippen molar-refractivity contribution >= 4 is 17.8 Å². The second kappa shape index (κ2) is 6.37. The van der Waals surface area contributed by atoms with Gasteiger partial charge in [0.15, 0.2) is 0 Å². The van der Waals surface area contributed by atoms with Crippen LogP contribution in [0, 0.1) is 10.1 Å². The van der Waals surface area contributed by atoms with Gasteiger partial charge in [0.25, 0.3) is 0 Å². The molecular weight excluding hydrogens is 222 g/mol. The quantitative estimate of drug-likeness (QED) is 0.476. The molecule has 6 nitrogen and oxygen atoms in total. The summed E-state index contributed by atoms with van der Waals surface area (Å²) in [7, 11) is 0. The molecule has 90 valence electrons. The van der Waals surface area contributed by atoms with Crippen LogP contribution in [0.4, 0.5) is 5.82 Å². The Kier molecular flexibility index (Phi) is 4.80. The van der Waals surface area contributed by atoms with Crippen molar-refractivity contribution in [3.63, 3.8) is 0 Å². The zero-order valence-electron chi connectivity index (χ0n) is 9.42. The third kappa shape index (κ3) is 4.87. The van der Waals surface area contributed by atoms with Crippen molar-refractivity contribution in [3.8, 4) is 0 Å². The number of pyridine rings is 1. The third-order valence-corrected chi connectivity index (χ3v) is 1.95. The van der Waals surface area contributed by atoms with Gasteiger partial charge in [0.1, 0.15) is 6.20 Å². The third-order valence-electron chi connectivity index (χ3n) is 1.95. The summed E-state index contributed by atoms with van der Waals surface area (Å²) in [5.41, 5.74) is 0.790. The first kappa shape index (κ1) is 12.8. The Hall–Kier alpha value is -2.24. The lowest BCUT2D eigenvalue weighted by atomic mass is 10.2. The number of hydrogen-bond donors (Lipinski definition) is 1. The van der Waals surface area contributed by atoms with Gasteiger partial charge in [0.05, 0.1) is 0 Å². The first-order valence-electron chi connectivity index (χ1n) is 5.11. The standard InChI is InChI=1S/C11H13N3O3/c1-9(15)12-7-3-2-4-10-5-6-11(13-8-10)14(16)17/h2,4-6,8H,3,7H2,1H3,(H,12,15). The molecule has 0 spiro atoms. The van der Waals surface area contributed by atoms with Crippen LogP contribution in [-0.2, 0) is 4.79 Å².